The van der Waals surface area contributed by atoms with Gasteiger partial charge in [0.2, 0.25) is 0 Å². The lowest BCUT2D eigenvalue weighted by molar-refractivity contribution is -0.121. The third-order valence-electron chi connectivity index (χ3n) is 2.41. The zero-order chi connectivity index (χ0) is 13.1. The summed E-state index contributed by atoms with van der Waals surface area (Å²) in [6.07, 6.45) is 3.28. The van der Waals surface area contributed by atoms with Crippen LogP contribution in [0, 0.1) is 0 Å². The number of hydrogen-bond donors (Lipinski definition) is 1. The summed E-state index contributed by atoms with van der Waals surface area (Å²) < 4.78 is 0.515. The average molecular weight is 277 g/mol. The molecule has 1 fully saturated rings. The molecule has 0 bridgehead atoms. The molecule has 0 aromatic heterocycles. The number of para-hydroxylation sites is 1. The predicted molar refractivity (Wildman–Crippen MR) is 78.2 cm³/mol. The Morgan fingerprint density at radius 2 is 2.17 bits per heavy atom. The van der Waals surface area contributed by atoms with Crippen LogP contribution in [0.15, 0.2) is 41.8 Å². The first kappa shape index (κ1) is 12.9. The molecule has 1 aliphatic rings. The van der Waals surface area contributed by atoms with Crippen molar-refractivity contribution in [2.24, 2.45) is 0 Å². The maximum Gasteiger partial charge on any atom is 0.266 e. The molecule has 18 heavy (non-hydrogen) atoms. The lowest BCUT2D eigenvalue weighted by Gasteiger charge is -2.10. The average Bonchev–Trinajstić information content (AvgIpc) is 2.60. The van der Waals surface area contributed by atoms with Crippen LogP contribution >= 0.6 is 24.0 Å². The van der Waals surface area contributed by atoms with E-state index in [9.17, 15) is 9.90 Å². The van der Waals surface area contributed by atoms with Gasteiger partial charge in [0.25, 0.3) is 5.91 Å². The molecule has 1 aromatic rings. The Morgan fingerprint density at radius 3 is 2.83 bits per heavy atom. The highest BCUT2D eigenvalue weighted by Crippen LogP contribution is 2.33. The van der Waals surface area contributed by atoms with E-state index < -0.39 is 0 Å². The van der Waals surface area contributed by atoms with Gasteiger partial charge in [-0.2, -0.15) is 0 Å². The minimum absolute atomic E-state index is 0.145. The molecule has 1 aliphatic heterocycles. The maximum atomic E-state index is 12.0. The Hall–Kier alpha value is -1.59. The highest BCUT2D eigenvalue weighted by Gasteiger charge is 2.31. The quantitative estimate of drug-likeness (QED) is 0.524. The van der Waals surface area contributed by atoms with E-state index in [0.717, 1.165) is 0 Å². The summed E-state index contributed by atoms with van der Waals surface area (Å²) >= 11 is 6.36. The van der Waals surface area contributed by atoms with Crippen LogP contribution in [0.5, 0.6) is 5.75 Å². The van der Waals surface area contributed by atoms with Crippen molar-refractivity contribution in [3.8, 4) is 5.75 Å². The molecule has 0 atom stereocenters. The number of thiocarbonyl (C=S) groups is 1. The second kappa shape index (κ2) is 5.37. The van der Waals surface area contributed by atoms with E-state index >= 15 is 0 Å². The summed E-state index contributed by atoms with van der Waals surface area (Å²) in [4.78, 5) is 14.0. The first-order chi connectivity index (χ1) is 8.63. The number of rotatable bonds is 3. The number of thioether (sulfide) groups is 1. The molecule has 1 amide bonds. The van der Waals surface area contributed by atoms with Gasteiger partial charge in [0.1, 0.15) is 10.1 Å². The first-order valence-electron chi connectivity index (χ1n) is 5.27. The van der Waals surface area contributed by atoms with Crippen molar-refractivity contribution >= 4 is 40.3 Å². The Kier molecular flexibility index (Phi) is 3.84. The van der Waals surface area contributed by atoms with Crippen molar-refractivity contribution in [1.29, 1.82) is 0 Å². The van der Waals surface area contributed by atoms with E-state index in [4.69, 9.17) is 12.2 Å². The standard InChI is InChI=1S/C13H11NO2S2/c1-2-7-14-12(16)11(18-13(14)17)8-9-5-3-4-6-10(9)15/h2-6,8,15H,1,7H2. The van der Waals surface area contributed by atoms with E-state index in [1.165, 1.54) is 16.7 Å². The van der Waals surface area contributed by atoms with Gasteiger partial charge in [0, 0.05) is 12.1 Å². The summed E-state index contributed by atoms with van der Waals surface area (Å²) in [6, 6.07) is 6.86. The van der Waals surface area contributed by atoms with Gasteiger partial charge in [-0.1, -0.05) is 48.3 Å². The summed E-state index contributed by atoms with van der Waals surface area (Å²) in [6.45, 7) is 4.00. The van der Waals surface area contributed by atoms with Crippen LogP contribution in [-0.2, 0) is 4.79 Å². The number of carbonyl (C=O) groups excluding carboxylic acids is 1. The third kappa shape index (κ3) is 2.47. The van der Waals surface area contributed by atoms with Crippen molar-refractivity contribution in [3.05, 3.63) is 47.4 Å². The third-order valence-corrected chi connectivity index (χ3v) is 3.79. The van der Waals surface area contributed by atoms with Crippen LogP contribution in [0.1, 0.15) is 5.56 Å². The predicted octanol–water partition coefficient (Wildman–Crippen LogP) is 2.78. The molecule has 1 saturated heterocycles. The van der Waals surface area contributed by atoms with Crippen LogP contribution < -0.4 is 0 Å². The van der Waals surface area contributed by atoms with E-state index in [1.807, 2.05) is 0 Å². The molecular weight excluding hydrogens is 266 g/mol. The van der Waals surface area contributed by atoms with E-state index in [1.54, 1.807) is 36.4 Å². The highest BCUT2D eigenvalue weighted by molar-refractivity contribution is 8.26. The van der Waals surface area contributed by atoms with Gasteiger partial charge in [-0.15, -0.1) is 6.58 Å². The van der Waals surface area contributed by atoms with Crippen molar-refractivity contribution in [2.75, 3.05) is 6.54 Å². The van der Waals surface area contributed by atoms with Crippen LogP contribution in [0.4, 0.5) is 0 Å². The van der Waals surface area contributed by atoms with Gasteiger partial charge in [-0.25, -0.2) is 0 Å². The molecule has 0 unspecified atom stereocenters. The molecule has 0 saturated carbocycles. The Bertz CT molecular complexity index is 552. The fourth-order valence-corrected chi connectivity index (χ4v) is 2.80. The van der Waals surface area contributed by atoms with Gasteiger partial charge in [-0.3, -0.25) is 9.69 Å². The number of phenols is 1. The van der Waals surface area contributed by atoms with Crippen LogP contribution in [-0.4, -0.2) is 26.8 Å². The van der Waals surface area contributed by atoms with Gasteiger partial charge < -0.3 is 5.11 Å². The van der Waals surface area contributed by atoms with Gasteiger partial charge in [-0.05, 0) is 12.1 Å². The summed E-state index contributed by atoms with van der Waals surface area (Å²) in [5, 5.41) is 9.66. The molecule has 0 aliphatic carbocycles. The molecule has 3 nitrogen and oxygen atoms in total. The zero-order valence-electron chi connectivity index (χ0n) is 9.50. The van der Waals surface area contributed by atoms with Crippen molar-refractivity contribution < 1.29 is 9.90 Å². The molecule has 1 aromatic carbocycles. The SMILES string of the molecule is C=CCN1C(=O)C(=Cc2ccccc2O)SC1=S. The number of phenolic OH excluding ortho intramolecular Hbond substituents is 1. The fraction of sp³-hybridized carbons (Fsp3) is 0.0769. The molecule has 0 radical (unpaired) electrons. The number of hydrogen-bond acceptors (Lipinski definition) is 4. The van der Waals surface area contributed by atoms with Crippen molar-refractivity contribution in [3.63, 3.8) is 0 Å². The molecule has 5 heteroatoms. The van der Waals surface area contributed by atoms with Gasteiger partial charge in [0.15, 0.2) is 0 Å². The normalized spacial score (nSPS) is 17.6. The second-order valence-electron chi connectivity index (χ2n) is 3.64. The molecule has 0 spiro atoms. The summed E-state index contributed by atoms with van der Waals surface area (Å²) in [7, 11) is 0. The number of carbonyl (C=O) groups is 1. The van der Waals surface area contributed by atoms with Crippen LogP contribution in [0.2, 0.25) is 0 Å². The van der Waals surface area contributed by atoms with Crippen LogP contribution in [0.3, 0.4) is 0 Å². The van der Waals surface area contributed by atoms with Gasteiger partial charge in [0.05, 0.1) is 4.91 Å². The Morgan fingerprint density at radius 1 is 1.44 bits per heavy atom. The fourth-order valence-electron chi connectivity index (χ4n) is 1.54. The van der Waals surface area contributed by atoms with E-state index in [-0.39, 0.29) is 11.7 Å². The Balaban J connectivity index is 2.31. The molecule has 2 rings (SSSR count). The first-order valence-corrected chi connectivity index (χ1v) is 6.50. The maximum absolute atomic E-state index is 12.0. The zero-order valence-corrected chi connectivity index (χ0v) is 11.1. The minimum atomic E-state index is -0.145. The van der Waals surface area contributed by atoms with Crippen molar-refractivity contribution in [1.82, 2.24) is 4.90 Å². The monoisotopic (exact) mass is 277 g/mol. The lowest BCUT2D eigenvalue weighted by atomic mass is 10.2. The number of nitrogens with zero attached hydrogens (tertiary/aromatic N) is 1. The number of benzene rings is 1. The summed E-state index contributed by atoms with van der Waals surface area (Å²) in [5.41, 5.74) is 0.608. The molecule has 1 heterocycles. The van der Waals surface area contributed by atoms with Crippen molar-refractivity contribution in [2.45, 2.75) is 0 Å². The topological polar surface area (TPSA) is 40.5 Å². The minimum Gasteiger partial charge on any atom is -0.507 e. The Labute approximate surface area is 115 Å². The smallest absolute Gasteiger partial charge is 0.266 e. The largest absolute Gasteiger partial charge is 0.507 e. The molecule has 1 N–H and O–H groups in total. The highest BCUT2D eigenvalue weighted by atomic mass is 32.2. The second-order valence-corrected chi connectivity index (χ2v) is 5.32. The molecule has 92 valence electrons. The van der Waals surface area contributed by atoms with E-state index in [2.05, 4.69) is 6.58 Å². The molecular formula is C13H11NO2S2. The van der Waals surface area contributed by atoms with Crippen LogP contribution in [0.25, 0.3) is 6.08 Å². The van der Waals surface area contributed by atoms with E-state index in [0.29, 0.717) is 21.3 Å². The number of amides is 1. The van der Waals surface area contributed by atoms with Gasteiger partial charge >= 0.3 is 0 Å². The lowest BCUT2D eigenvalue weighted by Crippen LogP contribution is -2.27. The summed E-state index contributed by atoms with van der Waals surface area (Å²) in [5.74, 6) is -0.000331. The number of aromatic hydroxyl groups is 1.